The van der Waals surface area contributed by atoms with Gasteiger partial charge in [-0.2, -0.15) is 0 Å². The maximum absolute atomic E-state index is 11.1. The van der Waals surface area contributed by atoms with Crippen LogP contribution in [-0.4, -0.2) is 55.6 Å². The van der Waals surface area contributed by atoms with Crippen molar-refractivity contribution in [2.75, 3.05) is 39.8 Å². The normalized spacial score (nSPS) is 16.9. The number of hydrogen-bond donors (Lipinski definition) is 0. The van der Waals surface area contributed by atoms with Crippen LogP contribution in [0.15, 0.2) is 18.2 Å². The first kappa shape index (κ1) is 16.6. The molecule has 6 heteroatoms. The number of carbonyl (C=O) groups excluding carboxylic acids is 1. The van der Waals surface area contributed by atoms with Gasteiger partial charge in [-0.1, -0.05) is 29.3 Å². The van der Waals surface area contributed by atoms with Crippen molar-refractivity contribution in [1.29, 1.82) is 0 Å². The maximum atomic E-state index is 11.1. The van der Waals surface area contributed by atoms with Gasteiger partial charge in [0.15, 0.2) is 0 Å². The van der Waals surface area contributed by atoms with Crippen LogP contribution in [0.5, 0.6) is 0 Å². The fourth-order valence-electron chi connectivity index (χ4n) is 2.43. The number of rotatable bonds is 5. The summed E-state index contributed by atoms with van der Waals surface area (Å²) in [6.07, 6.45) is 0.451. The van der Waals surface area contributed by atoms with Crippen molar-refractivity contribution < 1.29 is 9.53 Å². The van der Waals surface area contributed by atoms with E-state index in [1.54, 1.807) is 0 Å². The summed E-state index contributed by atoms with van der Waals surface area (Å²) in [5, 5.41) is 1.44. The zero-order chi connectivity index (χ0) is 15.2. The number of carbonyl (C=O) groups is 1. The summed E-state index contributed by atoms with van der Waals surface area (Å²) in [6, 6.07) is 5.60. The number of benzene rings is 1. The molecule has 21 heavy (non-hydrogen) atoms. The Morgan fingerprint density at radius 3 is 2.29 bits per heavy atom. The lowest BCUT2D eigenvalue weighted by molar-refractivity contribution is -0.141. The lowest BCUT2D eigenvalue weighted by Crippen LogP contribution is -2.46. The molecule has 0 radical (unpaired) electrons. The Kier molecular flexibility index (Phi) is 6.30. The molecule has 0 atom stereocenters. The molecule has 0 amide bonds. The lowest BCUT2D eigenvalue weighted by Gasteiger charge is -2.34. The van der Waals surface area contributed by atoms with Crippen LogP contribution in [0, 0.1) is 0 Å². The molecule has 0 bridgehead atoms. The van der Waals surface area contributed by atoms with E-state index < -0.39 is 0 Å². The minimum Gasteiger partial charge on any atom is -0.469 e. The topological polar surface area (TPSA) is 32.8 Å². The van der Waals surface area contributed by atoms with Crippen molar-refractivity contribution in [3.05, 3.63) is 33.8 Å². The highest BCUT2D eigenvalue weighted by atomic mass is 35.5. The van der Waals surface area contributed by atoms with E-state index in [0.29, 0.717) is 6.42 Å². The van der Waals surface area contributed by atoms with Gasteiger partial charge in [0.2, 0.25) is 0 Å². The number of halogens is 2. The monoisotopic (exact) mass is 330 g/mol. The molecule has 0 saturated carbocycles. The molecule has 116 valence electrons. The van der Waals surface area contributed by atoms with Gasteiger partial charge in [-0.3, -0.25) is 9.69 Å². The standard InChI is InChI=1S/C15H20Cl2N2O2/c1-21-15(20)5-6-18-7-9-19(10-8-18)11-12-13(16)3-2-4-14(12)17/h2-4H,5-11H2,1H3. The van der Waals surface area contributed by atoms with Crippen molar-refractivity contribution in [2.45, 2.75) is 13.0 Å². The van der Waals surface area contributed by atoms with Crippen molar-refractivity contribution in [1.82, 2.24) is 9.80 Å². The molecule has 1 fully saturated rings. The van der Waals surface area contributed by atoms with Crippen LogP contribution in [0.25, 0.3) is 0 Å². The molecular weight excluding hydrogens is 311 g/mol. The Morgan fingerprint density at radius 2 is 1.71 bits per heavy atom. The van der Waals surface area contributed by atoms with Gasteiger partial charge in [-0.15, -0.1) is 0 Å². The van der Waals surface area contributed by atoms with E-state index in [0.717, 1.165) is 54.9 Å². The van der Waals surface area contributed by atoms with Crippen LogP contribution in [0.4, 0.5) is 0 Å². The molecule has 0 aromatic heterocycles. The van der Waals surface area contributed by atoms with E-state index in [9.17, 15) is 4.79 Å². The molecule has 0 spiro atoms. The average molecular weight is 331 g/mol. The molecule has 4 nitrogen and oxygen atoms in total. The van der Waals surface area contributed by atoms with Crippen LogP contribution < -0.4 is 0 Å². The highest BCUT2D eigenvalue weighted by Gasteiger charge is 2.19. The first-order chi connectivity index (χ1) is 10.1. The Hall–Kier alpha value is -0.810. The van der Waals surface area contributed by atoms with E-state index in [4.69, 9.17) is 23.2 Å². The van der Waals surface area contributed by atoms with Gasteiger partial charge in [-0.05, 0) is 12.1 Å². The molecular formula is C15H20Cl2N2O2. The van der Waals surface area contributed by atoms with Crippen LogP contribution in [-0.2, 0) is 16.1 Å². The molecule has 1 heterocycles. The second-order valence-electron chi connectivity index (χ2n) is 5.14. The summed E-state index contributed by atoms with van der Waals surface area (Å²) in [6.45, 7) is 5.31. The van der Waals surface area contributed by atoms with E-state index in [-0.39, 0.29) is 5.97 Å². The van der Waals surface area contributed by atoms with E-state index in [1.807, 2.05) is 18.2 Å². The Bertz CT molecular complexity index is 468. The van der Waals surface area contributed by atoms with Gasteiger partial charge in [0.05, 0.1) is 13.5 Å². The van der Waals surface area contributed by atoms with Crippen molar-refractivity contribution >= 4 is 29.2 Å². The fraction of sp³-hybridized carbons (Fsp3) is 0.533. The van der Waals surface area contributed by atoms with Gasteiger partial charge in [-0.25, -0.2) is 0 Å². The third kappa shape index (κ3) is 4.85. The summed E-state index contributed by atoms with van der Waals surface area (Å²) in [4.78, 5) is 15.8. The Labute approximate surface area is 135 Å². The van der Waals surface area contributed by atoms with Gasteiger partial charge in [0.25, 0.3) is 0 Å². The molecule has 2 rings (SSSR count). The van der Waals surface area contributed by atoms with Crippen LogP contribution in [0.1, 0.15) is 12.0 Å². The third-order valence-corrected chi connectivity index (χ3v) is 4.48. The van der Waals surface area contributed by atoms with Crippen LogP contribution in [0.3, 0.4) is 0 Å². The molecule has 0 unspecified atom stereocenters. The lowest BCUT2D eigenvalue weighted by atomic mass is 10.2. The number of ether oxygens (including phenoxy) is 1. The summed E-state index contributed by atoms with van der Waals surface area (Å²) in [7, 11) is 1.42. The second-order valence-corrected chi connectivity index (χ2v) is 5.96. The molecule has 1 saturated heterocycles. The zero-order valence-corrected chi connectivity index (χ0v) is 13.7. The molecule has 1 aromatic rings. The van der Waals surface area contributed by atoms with E-state index >= 15 is 0 Å². The highest BCUT2D eigenvalue weighted by molar-refractivity contribution is 6.35. The predicted octanol–water partition coefficient (Wildman–Crippen LogP) is 2.67. The smallest absolute Gasteiger partial charge is 0.306 e. The molecule has 0 N–H and O–H groups in total. The maximum Gasteiger partial charge on any atom is 0.306 e. The molecule has 1 aliphatic heterocycles. The van der Waals surface area contributed by atoms with Crippen LogP contribution in [0.2, 0.25) is 10.0 Å². The zero-order valence-electron chi connectivity index (χ0n) is 12.1. The third-order valence-electron chi connectivity index (χ3n) is 3.77. The van der Waals surface area contributed by atoms with Crippen molar-refractivity contribution in [3.63, 3.8) is 0 Å². The predicted molar refractivity (Wildman–Crippen MR) is 84.8 cm³/mol. The van der Waals surface area contributed by atoms with E-state index in [2.05, 4.69) is 14.5 Å². The van der Waals surface area contributed by atoms with Gasteiger partial charge in [0, 0.05) is 54.9 Å². The molecule has 1 aromatic carbocycles. The minimum absolute atomic E-state index is 0.153. The Morgan fingerprint density at radius 1 is 1.14 bits per heavy atom. The Balaban J connectivity index is 1.80. The second kappa shape index (κ2) is 7.99. The number of hydrogen-bond acceptors (Lipinski definition) is 4. The molecule has 0 aliphatic carbocycles. The average Bonchev–Trinajstić information content (AvgIpc) is 2.50. The number of esters is 1. The minimum atomic E-state index is -0.153. The number of piperazine rings is 1. The summed E-state index contributed by atoms with van der Waals surface area (Å²) < 4.78 is 4.66. The summed E-state index contributed by atoms with van der Waals surface area (Å²) >= 11 is 12.4. The quantitative estimate of drug-likeness (QED) is 0.777. The fourth-order valence-corrected chi connectivity index (χ4v) is 2.95. The van der Waals surface area contributed by atoms with Crippen molar-refractivity contribution in [2.24, 2.45) is 0 Å². The summed E-state index contributed by atoms with van der Waals surface area (Å²) in [5.74, 6) is -0.153. The highest BCUT2D eigenvalue weighted by Crippen LogP contribution is 2.26. The number of nitrogens with zero attached hydrogens (tertiary/aromatic N) is 2. The van der Waals surface area contributed by atoms with Crippen LogP contribution >= 0.6 is 23.2 Å². The largest absolute Gasteiger partial charge is 0.469 e. The first-order valence-corrected chi connectivity index (χ1v) is 7.80. The summed E-state index contributed by atoms with van der Waals surface area (Å²) in [5.41, 5.74) is 0.990. The molecule has 1 aliphatic rings. The first-order valence-electron chi connectivity index (χ1n) is 7.04. The van der Waals surface area contributed by atoms with E-state index in [1.165, 1.54) is 7.11 Å². The van der Waals surface area contributed by atoms with Crippen molar-refractivity contribution in [3.8, 4) is 0 Å². The number of methoxy groups -OCH3 is 1. The van der Waals surface area contributed by atoms with Gasteiger partial charge in [0.1, 0.15) is 0 Å². The van der Waals surface area contributed by atoms with Gasteiger partial charge >= 0.3 is 5.97 Å². The SMILES string of the molecule is COC(=O)CCN1CCN(Cc2c(Cl)cccc2Cl)CC1. The van der Waals surface area contributed by atoms with Gasteiger partial charge < -0.3 is 9.64 Å².